The molecule has 1 aliphatic rings. The van der Waals surface area contributed by atoms with Crippen LogP contribution in [-0.4, -0.2) is 22.7 Å². The molecular formula is C16H27N3O. The summed E-state index contributed by atoms with van der Waals surface area (Å²) < 4.78 is 0. The molecule has 0 N–H and O–H groups in total. The predicted molar refractivity (Wildman–Crippen MR) is 78.2 cm³/mol. The van der Waals surface area contributed by atoms with Gasteiger partial charge >= 0.3 is 0 Å². The highest BCUT2D eigenvalue weighted by Crippen LogP contribution is 2.57. The van der Waals surface area contributed by atoms with Crippen LogP contribution in [-0.2, 0) is 4.84 Å². The van der Waals surface area contributed by atoms with Crippen LogP contribution in [0.25, 0.3) is 0 Å². The van der Waals surface area contributed by atoms with Gasteiger partial charge in [0.1, 0.15) is 0 Å². The Balaban J connectivity index is 3.33. The Morgan fingerprint density at radius 1 is 1.10 bits per heavy atom. The van der Waals surface area contributed by atoms with Gasteiger partial charge in [-0.25, -0.2) is 0 Å². The van der Waals surface area contributed by atoms with Gasteiger partial charge in [-0.3, -0.25) is 4.84 Å². The van der Waals surface area contributed by atoms with Crippen molar-refractivity contribution >= 4 is 0 Å². The molecule has 1 fully saturated rings. The number of hydroxylamine groups is 2. The second-order valence-electron chi connectivity index (χ2n) is 7.71. The van der Waals surface area contributed by atoms with Crippen molar-refractivity contribution in [3.8, 4) is 12.1 Å². The molecule has 0 amide bonds. The highest BCUT2D eigenvalue weighted by atomic mass is 16.7. The fourth-order valence-corrected chi connectivity index (χ4v) is 3.11. The van der Waals surface area contributed by atoms with Crippen LogP contribution in [0.4, 0.5) is 0 Å². The molecule has 0 aromatic heterocycles. The summed E-state index contributed by atoms with van der Waals surface area (Å²) in [7, 11) is 0. The van der Waals surface area contributed by atoms with E-state index in [1.807, 2.05) is 18.9 Å². The number of nitriles is 2. The first-order chi connectivity index (χ1) is 8.85. The van der Waals surface area contributed by atoms with Crippen molar-refractivity contribution in [2.24, 2.45) is 16.7 Å². The molecule has 1 heterocycles. The summed E-state index contributed by atoms with van der Waals surface area (Å²) in [5.74, 6) is 0.370. The van der Waals surface area contributed by atoms with Crippen LogP contribution in [0.1, 0.15) is 55.4 Å². The van der Waals surface area contributed by atoms with Crippen molar-refractivity contribution in [1.82, 2.24) is 5.06 Å². The Bertz CT molecular complexity index is 467. The van der Waals surface area contributed by atoms with Crippen molar-refractivity contribution in [2.45, 2.75) is 66.5 Å². The normalized spacial score (nSPS) is 30.8. The first-order valence-corrected chi connectivity index (χ1v) is 7.15. The highest BCUT2D eigenvalue weighted by molar-refractivity contribution is 5.18. The zero-order valence-corrected chi connectivity index (χ0v) is 14.0. The van der Waals surface area contributed by atoms with Crippen molar-refractivity contribution in [3.05, 3.63) is 0 Å². The molecule has 0 saturated carbocycles. The van der Waals surface area contributed by atoms with Gasteiger partial charge in [0.25, 0.3) is 0 Å². The van der Waals surface area contributed by atoms with Gasteiger partial charge in [0, 0.05) is 6.54 Å². The van der Waals surface area contributed by atoms with Crippen LogP contribution in [0.15, 0.2) is 0 Å². The van der Waals surface area contributed by atoms with E-state index >= 15 is 0 Å². The van der Waals surface area contributed by atoms with Crippen LogP contribution in [0.5, 0.6) is 0 Å². The quantitative estimate of drug-likeness (QED) is 0.792. The zero-order valence-electron chi connectivity index (χ0n) is 14.0. The van der Waals surface area contributed by atoms with Crippen molar-refractivity contribution in [1.29, 1.82) is 10.5 Å². The van der Waals surface area contributed by atoms with E-state index < -0.39 is 16.6 Å². The molecule has 0 aliphatic carbocycles. The molecule has 1 saturated heterocycles. The molecule has 1 rings (SSSR count). The lowest BCUT2D eigenvalue weighted by Gasteiger charge is -2.51. The maximum absolute atomic E-state index is 9.61. The molecule has 4 nitrogen and oxygen atoms in total. The SMILES string of the molecule is CC1CN(OC(C)(C)C#N)C(C)(C(C)(C)C#N)C1(C)C. The third kappa shape index (κ3) is 2.22. The summed E-state index contributed by atoms with van der Waals surface area (Å²) in [6, 6.07) is 4.60. The average molecular weight is 277 g/mol. The van der Waals surface area contributed by atoms with Gasteiger partial charge in [0.05, 0.1) is 23.1 Å². The highest BCUT2D eigenvalue weighted by Gasteiger charge is 2.63. The van der Waals surface area contributed by atoms with E-state index in [1.54, 1.807) is 13.8 Å². The van der Waals surface area contributed by atoms with Gasteiger partial charge < -0.3 is 0 Å². The molecule has 0 spiro atoms. The van der Waals surface area contributed by atoms with Crippen LogP contribution in [0.3, 0.4) is 0 Å². The Morgan fingerprint density at radius 2 is 1.60 bits per heavy atom. The second-order valence-corrected chi connectivity index (χ2v) is 7.71. The first-order valence-electron chi connectivity index (χ1n) is 7.15. The largest absolute Gasteiger partial charge is 0.277 e. The molecule has 0 bridgehead atoms. The topological polar surface area (TPSA) is 60.0 Å². The molecule has 0 aromatic rings. The summed E-state index contributed by atoms with van der Waals surface area (Å²) in [4.78, 5) is 5.98. The molecule has 20 heavy (non-hydrogen) atoms. The molecule has 1 aliphatic heterocycles. The van der Waals surface area contributed by atoms with E-state index in [9.17, 15) is 10.5 Å². The Labute approximate surface area is 123 Å². The van der Waals surface area contributed by atoms with E-state index in [0.29, 0.717) is 5.92 Å². The summed E-state index contributed by atoms with van der Waals surface area (Å²) in [5, 5.41) is 20.7. The Hall–Kier alpha value is -1.10. The van der Waals surface area contributed by atoms with Gasteiger partial charge in [-0.05, 0) is 46.0 Å². The van der Waals surface area contributed by atoms with Crippen LogP contribution >= 0.6 is 0 Å². The summed E-state index contributed by atoms with van der Waals surface area (Å²) in [6.45, 7) is 16.7. The summed E-state index contributed by atoms with van der Waals surface area (Å²) in [5.41, 5.74) is -2.06. The second kappa shape index (κ2) is 4.72. The Morgan fingerprint density at radius 3 is 2.00 bits per heavy atom. The number of hydrogen-bond donors (Lipinski definition) is 0. The molecule has 0 radical (unpaired) electrons. The zero-order chi connectivity index (χ0) is 16.0. The van der Waals surface area contributed by atoms with Gasteiger partial charge in [0.15, 0.2) is 5.60 Å². The lowest BCUT2D eigenvalue weighted by atomic mass is 9.58. The fraction of sp³-hybridized carbons (Fsp3) is 0.875. The van der Waals surface area contributed by atoms with Gasteiger partial charge in [0.2, 0.25) is 0 Å². The summed E-state index contributed by atoms with van der Waals surface area (Å²) >= 11 is 0. The molecule has 2 unspecified atom stereocenters. The van der Waals surface area contributed by atoms with E-state index in [4.69, 9.17) is 4.84 Å². The smallest absolute Gasteiger partial charge is 0.170 e. The van der Waals surface area contributed by atoms with Gasteiger partial charge in [-0.15, -0.1) is 0 Å². The third-order valence-corrected chi connectivity index (χ3v) is 5.53. The van der Waals surface area contributed by atoms with Gasteiger partial charge in [-0.1, -0.05) is 20.8 Å². The molecule has 112 valence electrons. The monoisotopic (exact) mass is 277 g/mol. The van der Waals surface area contributed by atoms with E-state index in [1.165, 1.54) is 0 Å². The molecular weight excluding hydrogens is 250 g/mol. The number of nitrogens with zero attached hydrogens (tertiary/aromatic N) is 3. The predicted octanol–water partition coefficient (Wildman–Crippen LogP) is 3.51. The van der Waals surface area contributed by atoms with Crippen molar-refractivity contribution < 1.29 is 4.84 Å². The molecule has 2 atom stereocenters. The number of hydrogen-bond acceptors (Lipinski definition) is 4. The summed E-state index contributed by atoms with van der Waals surface area (Å²) in [6.07, 6.45) is 0. The standard InChI is InChI=1S/C16H27N3O/c1-12-9-19(20-14(4,5)11-18)16(8,15(12,6)7)13(2,3)10-17/h12H,9H2,1-8H3. The number of rotatable bonds is 3. The third-order valence-electron chi connectivity index (χ3n) is 5.53. The lowest BCUT2D eigenvalue weighted by Crippen LogP contribution is -2.60. The van der Waals surface area contributed by atoms with Crippen molar-refractivity contribution in [3.63, 3.8) is 0 Å². The van der Waals surface area contributed by atoms with Crippen molar-refractivity contribution in [2.75, 3.05) is 6.54 Å². The molecule has 4 heteroatoms. The van der Waals surface area contributed by atoms with Crippen LogP contribution < -0.4 is 0 Å². The maximum atomic E-state index is 9.61. The van der Waals surface area contributed by atoms with E-state index in [2.05, 4.69) is 39.8 Å². The van der Waals surface area contributed by atoms with Crippen LogP contribution in [0.2, 0.25) is 0 Å². The van der Waals surface area contributed by atoms with E-state index in [-0.39, 0.29) is 5.41 Å². The first kappa shape index (κ1) is 17.0. The van der Waals surface area contributed by atoms with Crippen LogP contribution in [0, 0.1) is 39.4 Å². The minimum Gasteiger partial charge on any atom is -0.277 e. The minimum atomic E-state index is -0.896. The fourth-order valence-electron chi connectivity index (χ4n) is 3.11. The average Bonchev–Trinajstić information content (AvgIpc) is 2.51. The maximum Gasteiger partial charge on any atom is 0.170 e. The lowest BCUT2D eigenvalue weighted by molar-refractivity contribution is -0.275. The Kier molecular flexibility index (Phi) is 4.00. The van der Waals surface area contributed by atoms with E-state index in [0.717, 1.165) is 6.54 Å². The molecule has 0 aromatic carbocycles. The minimum absolute atomic E-state index is 0.0994. The van der Waals surface area contributed by atoms with Gasteiger partial charge in [-0.2, -0.15) is 15.6 Å².